The smallest absolute Gasteiger partial charge is 0.388 e. The summed E-state index contributed by atoms with van der Waals surface area (Å²) in [7, 11) is 1.34. The van der Waals surface area contributed by atoms with Crippen molar-refractivity contribution in [2.24, 2.45) is 0 Å². The van der Waals surface area contributed by atoms with Crippen LogP contribution in [0.5, 0.6) is 11.8 Å². The van der Waals surface area contributed by atoms with Gasteiger partial charge in [0.2, 0.25) is 17.7 Å². The van der Waals surface area contributed by atoms with Gasteiger partial charge in [0.1, 0.15) is 12.1 Å². The van der Waals surface area contributed by atoms with Crippen molar-refractivity contribution in [3.05, 3.63) is 42.0 Å². The summed E-state index contributed by atoms with van der Waals surface area (Å²) < 4.78 is 35.4. The molecular weight excluding hydrogens is 460 g/mol. The van der Waals surface area contributed by atoms with Crippen LogP contribution in [0.1, 0.15) is 31.7 Å². The number of nitrogens with zero attached hydrogens (tertiary/aromatic N) is 4. The average Bonchev–Trinajstić information content (AvgIpc) is 2.85. The van der Waals surface area contributed by atoms with Gasteiger partial charge in [0.25, 0.3) is 0 Å². The average molecular weight is 488 g/mol. The number of carbonyl (C=O) groups is 2. The molecule has 0 saturated carbocycles. The standard InChI is InChI=1S/C24H27F2N5O4/c1-3-16-6-4-5-7-19(16)31(17-11-14-30(15-12-17)21(32)10-13-27)24(33)28-18-8-9-20(34-2)29-22(18)35-23(25)26/h4-9,17,23H,3,10-12,14-15H2,1-2H3,(H,28,33). The lowest BCUT2D eigenvalue weighted by Crippen LogP contribution is -2.50. The van der Waals surface area contributed by atoms with Gasteiger partial charge >= 0.3 is 12.6 Å². The number of amides is 3. The predicted octanol–water partition coefficient (Wildman–Crippen LogP) is 4.20. The van der Waals surface area contributed by atoms with E-state index in [0.717, 1.165) is 5.56 Å². The minimum absolute atomic E-state index is 0.0308. The number of nitriles is 1. The molecule has 9 nitrogen and oxygen atoms in total. The molecule has 0 radical (unpaired) electrons. The van der Waals surface area contributed by atoms with Crippen LogP contribution in [0.4, 0.5) is 25.0 Å². The van der Waals surface area contributed by atoms with Crippen LogP contribution < -0.4 is 19.7 Å². The second-order valence-electron chi connectivity index (χ2n) is 7.81. The molecule has 11 heteroatoms. The lowest BCUT2D eigenvalue weighted by molar-refractivity contribution is -0.131. The molecule has 0 bridgehead atoms. The molecule has 2 aromatic rings. The van der Waals surface area contributed by atoms with Crippen LogP contribution in [-0.2, 0) is 11.2 Å². The fourth-order valence-corrected chi connectivity index (χ4v) is 4.05. The van der Waals surface area contributed by atoms with E-state index in [0.29, 0.717) is 38.0 Å². The van der Waals surface area contributed by atoms with Gasteiger partial charge in [0.15, 0.2) is 0 Å². The molecule has 0 atom stereocenters. The van der Waals surface area contributed by atoms with Gasteiger partial charge in [-0.2, -0.15) is 19.0 Å². The van der Waals surface area contributed by atoms with Gasteiger partial charge in [0.05, 0.1) is 13.2 Å². The van der Waals surface area contributed by atoms with Crippen molar-refractivity contribution >= 4 is 23.3 Å². The third-order valence-electron chi connectivity index (χ3n) is 5.75. The second kappa shape index (κ2) is 12.0. The van der Waals surface area contributed by atoms with E-state index < -0.39 is 18.5 Å². The largest absolute Gasteiger partial charge is 0.481 e. The van der Waals surface area contributed by atoms with E-state index in [2.05, 4.69) is 15.0 Å². The number of benzene rings is 1. The lowest BCUT2D eigenvalue weighted by atomic mass is 10.0. The van der Waals surface area contributed by atoms with Crippen molar-refractivity contribution in [2.45, 2.75) is 45.3 Å². The van der Waals surface area contributed by atoms with Crippen LogP contribution in [-0.4, -0.2) is 54.7 Å². The first-order valence-corrected chi connectivity index (χ1v) is 11.2. The second-order valence-corrected chi connectivity index (χ2v) is 7.81. The van der Waals surface area contributed by atoms with E-state index in [1.807, 2.05) is 37.3 Å². The topological polar surface area (TPSA) is 108 Å². The van der Waals surface area contributed by atoms with Crippen LogP contribution in [0.2, 0.25) is 0 Å². The summed E-state index contributed by atoms with van der Waals surface area (Å²) in [6, 6.07) is 11.3. The maximum absolute atomic E-state index is 13.6. The molecule has 1 aromatic carbocycles. The van der Waals surface area contributed by atoms with Crippen molar-refractivity contribution in [3.8, 4) is 17.8 Å². The molecule has 1 saturated heterocycles. The van der Waals surface area contributed by atoms with Gasteiger partial charge in [-0.15, -0.1) is 0 Å². The first-order valence-electron chi connectivity index (χ1n) is 11.2. The first-order chi connectivity index (χ1) is 16.9. The number of aryl methyl sites for hydroxylation is 1. The van der Waals surface area contributed by atoms with E-state index in [1.54, 1.807) is 9.80 Å². The number of anilines is 2. The number of likely N-dealkylation sites (tertiary alicyclic amines) is 1. The fraction of sp³-hybridized carbons (Fsp3) is 0.417. The number of piperidine rings is 1. The molecule has 35 heavy (non-hydrogen) atoms. The molecule has 0 aliphatic carbocycles. The van der Waals surface area contributed by atoms with Crippen molar-refractivity contribution in [1.29, 1.82) is 5.26 Å². The zero-order chi connectivity index (χ0) is 25.4. The van der Waals surface area contributed by atoms with E-state index in [1.165, 1.54) is 19.2 Å². The number of nitrogens with one attached hydrogen (secondary N) is 1. The Labute approximate surface area is 202 Å². The Morgan fingerprint density at radius 3 is 2.60 bits per heavy atom. The Balaban J connectivity index is 1.90. The summed E-state index contributed by atoms with van der Waals surface area (Å²) >= 11 is 0. The van der Waals surface area contributed by atoms with Crippen molar-refractivity contribution in [1.82, 2.24) is 9.88 Å². The van der Waals surface area contributed by atoms with Crippen LogP contribution >= 0.6 is 0 Å². The van der Waals surface area contributed by atoms with Crippen LogP contribution in [0, 0.1) is 11.3 Å². The van der Waals surface area contributed by atoms with E-state index in [9.17, 15) is 18.4 Å². The molecule has 186 valence electrons. The molecule has 3 rings (SSSR count). The quantitative estimate of drug-likeness (QED) is 0.598. The van der Waals surface area contributed by atoms with E-state index in [-0.39, 0.29) is 29.9 Å². The van der Waals surface area contributed by atoms with Gasteiger partial charge in [-0.1, -0.05) is 25.1 Å². The van der Waals surface area contributed by atoms with Crippen LogP contribution in [0.15, 0.2) is 36.4 Å². The molecule has 1 aromatic heterocycles. The summed E-state index contributed by atoms with van der Waals surface area (Å²) in [5.74, 6) is -0.649. The van der Waals surface area contributed by atoms with Gasteiger partial charge in [-0.25, -0.2) is 4.79 Å². The predicted molar refractivity (Wildman–Crippen MR) is 125 cm³/mol. The molecule has 1 fully saturated rings. The molecule has 1 N–H and O–H groups in total. The van der Waals surface area contributed by atoms with Gasteiger partial charge in [0, 0.05) is 30.9 Å². The minimum Gasteiger partial charge on any atom is -0.481 e. The minimum atomic E-state index is -3.14. The highest BCUT2D eigenvalue weighted by atomic mass is 19.3. The maximum Gasteiger partial charge on any atom is 0.388 e. The van der Waals surface area contributed by atoms with Gasteiger partial charge < -0.3 is 19.7 Å². The Morgan fingerprint density at radius 1 is 1.26 bits per heavy atom. The number of hydrogen-bond donors (Lipinski definition) is 1. The Bertz CT molecular complexity index is 1080. The summed E-state index contributed by atoms with van der Waals surface area (Å²) in [6.07, 6.45) is 1.46. The molecule has 0 spiro atoms. The number of alkyl halides is 2. The normalized spacial score (nSPS) is 13.8. The molecule has 3 amide bonds. The number of hydrogen-bond acceptors (Lipinski definition) is 6. The highest BCUT2D eigenvalue weighted by Crippen LogP contribution is 2.31. The number of pyridine rings is 1. The molecule has 0 unspecified atom stereocenters. The Kier molecular flexibility index (Phi) is 8.78. The first kappa shape index (κ1) is 25.7. The van der Waals surface area contributed by atoms with Crippen LogP contribution in [0.25, 0.3) is 0 Å². The van der Waals surface area contributed by atoms with E-state index in [4.69, 9.17) is 10.00 Å². The Morgan fingerprint density at radius 2 is 1.97 bits per heavy atom. The summed E-state index contributed by atoms with van der Waals surface area (Å²) in [5, 5.41) is 11.5. The number of urea groups is 1. The van der Waals surface area contributed by atoms with Crippen LogP contribution in [0.3, 0.4) is 0 Å². The van der Waals surface area contributed by atoms with E-state index >= 15 is 0 Å². The van der Waals surface area contributed by atoms with Crippen molar-refractivity contribution in [3.63, 3.8) is 0 Å². The number of methoxy groups -OCH3 is 1. The Hall–Kier alpha value is -3.94. The maximum atomic E-state index is 13.6. The number of aromatic nitrogens is 1. The number of carbonyl (C=O) groups excluding carboxylic acids is 2. The highest BCUT2D eigenvalue weighted by Gasteiger charge is 2.32. The third kappa shape index (κ3) is 6.35. The van der Waals surface area contributed by atoms with Crippen molar-refractivity contribution in [2.75, 3.05) is 30.4 Å². The number of rotatable bonds is 8. The van der Waals surface area contributed by atoms with Crippen molar-refractivity contribution < 1.29 is 27.8 Å². The molecular formula is C24H27F2N5O4. The third-order valence-corrected chi connectivity index (χ3v) is 5.75. The zero-order valence-corrected chi connectivity index (χ0v) is 19.5. The summed E-state index contributed by atoms with van der Waals surface area (Å²) in [6.45, 7) is -0.377. The number of halogens is 2. The summed E-state index contributed by atoms with van der Waals surface area (Å²) in [4.78, 5) is 32.8. The highest BCUT2D eigenvalue weighted by molar-refractivity contribution is 6.03. The number of para-hydroxylation sites is 1. The monoisotopic (exact) mass is 487 g/mol. The molecule has 1 aliphatic heterocycles. The van der Waals surface area contributed by atoms with Gasteiger partial charge in [-0.3, -0.25) is 9.69 Å². The van der Waals surface area contributed by atoms with Gasteiger partial charge in [-0.05, 0) is 37.0 Å². The lowest BCUT2D eigenvalue weighted by Gasteiger charge is -2.39. The molecule has 1 aliphatic rings. The summed E-state index contributed by atoms with van der Waals surface area (Å²) in [5.41, 5.74) is 1.59. The number of ether oxygens (including phenoxy) is 2. The molecule has 2 heterocycles. The SMILES string of the molecule is CCc1ccccc1N(C(=O)Nc1ccc(OC)nc1OC(F)F)C1CCN(C(=O)CC#N)CC1. The fourth-order valence-electron chi connectivity index (χ4n) is 4.05. The zero-order valence-electron chi connectivity index (χ0n) is 19.5.